The van der Waals surface area contributed by atoms with Crippen molar-refractivity contribution >= 4 is 98.9 Å². The number of esters is 2. The molecule has 11 rings (SSSR count). The predicted octanol–water partition coefficient (Wildman–Crippen LogP) is 11.4. The van der Waals surface area contributed by atoms with Gasteiger partial charge < -0.3 is 9.47 Å². The molecule has 14 heteroatoms. The van der Waals surface area contributed by atoms with Crippen molar-refractivity contribution in [1.29, 1.82) is 21.0 Å². The zero-order valence-corrected chi connectivity index (χ0v) is 38.4. The second-order valence-corrected chi connectivity index (χ2v) is 18.7. The summed E-state index contributed by atoms with van der Waals surface area (Å²) in [5.74, 6) is -2.66. The normalized spacial score (nSPS) is 14.8. The van der Waals surface area contributed by atoms with Crippen LogP contribution >= 0.6 is 22.7 Å². The van der Waals surface area contributed by atoms with Crippen LogP contribution in [0.4, 0.5) is 10.0 Å². The summed E-state index contributed by atoms with van der Waals surface area (Å²) < 4.78 is 13.6. The Morgan fingerprint density at radius 2 is 0.845 bits per heavy atom. The van der Waals surface area contributed by atoms with E-state index in [0.717, 1.165) is 0 Å². The Hall–Kier alpha value is -9.70. The van der Waals surface area contributed by atoms with Crippen molar-refractivity contribution in [2.24, 2.45) is 9.98 Å². The monoisotopic (exact) mass is 956 g/mol. The van der Waals surface area contributed by atoms with Crippen LogP contribution in [0.2, 0.25) is 0 Å². The van der Waals surface area contributed by atoms with Crippen molar-refractivity contribution in [3.05, 3.63) is 201 Å². The largest absolute Gasteiger partial charge is 0.459 e. The number of fused-ring (bicyclic) bond motifs is 7. The van der Waals surface area contributed by atoms with Gasteiger partial charge in [0.2, 0.25) is 17.0 Å². The van der Waals surface area contributed by atoms with Gasteiger partial charge in [-0.2, -0.15) is 21.0 Å². The van der Waals surface area contributed by atoms with Crippen LogP contribution in [0.15, 0.2) is 167 Å². The molecule has 8 aromatic rings. The Labute approximate surface area is 411 Å². The lowest BCUT2D eigenvalue weighted by atomic mass is 9.77. The summed E-state index contributed by atoms with van der Waals surface area (Å²) in [4.78, 5) is 67.8. The van der Waals surface area contributed by atoms with Gasteiger partial charge >= 0.3 is 11.9 Å². The average molecular weight is 957 g/mol. The molecular weight excluding hydrogens is 929 g/mol. The lowest BCUT2D eigenvalue weighted by Gasteiger charge is -2.28. The third-order valence-electron chi connectivity index (χ3n) is 12.6. The Morgan fingerprint density at radius 3 is 1.23 bits per heavy atom. The summed E-state index contributed by atoms with van der Waals surface area (Å²) >= 11 is 2.47. The fraction of sp³-hybridized carbons (Fsp3) is 0.0526. The number of benzene rings is 6. The van der Waals surface area contributed by atoms with Crippen molar-refractivity contribution in [3.8, 4) is 35.4 Å². The van der Waals surface area contributed by atoms with E-state index in [4.69, 9.17) is 19.5 Å². The van der Waals surface area contributed by atoms with Crippen molar-refractivity contribution < 1.29 is 28.7 Å². The van der Waals surface area contributed by atoms with E-state index in [2.05, 4.69) is 0 Å². The summed E-state index contributed by atoms with van der Waals surface area (Å²) in [5, 5.41) is 41.6. The van der Waals surface area contributed by atoms with Gasteiger partial charge in [-0.25, -0.2) is 9.98 Å². The fourth-order valence-corrected chi connectivity index (χ4v) is 11.3. The van der Waals surface area contributed by atoms with Crippen LogP contribution in [0, 0.1) is 45.3 Å². The van der Waals surface area contributed by atoms with Gasteiger partial charge in [0.1, 0.15) is 70.1 Å². The molecule has 0 unspecified atom stereocenters. The van der Waals surface area contributed by atoms with Crippen LogP contribution in [-0.2, 0) is 37.7 Å². The first-order valence-corrected chi connectivity index (χ1v) is 23.4. The summed E-state index contributed by atoms with van der Waals surface area (Å²) in [6, 6.07) is 49.8. The lowest BCUT2D eigenvalue weighted by Crippen LogP contribution is -2.45. The third-order valence-corrected chi connectivity index (χ3v) is 14.6. The molecule has 0 amide bonds. The zero-order valence-electron chi connectivity index (χ0n) is 36.7. The molecule has 0 saturated carbocycles. The number of allylic oxidation sites excluding steroid dienone is 4. The maximum absolute atomic E-state index is 15.3. The molecule has 0 aliphatic heterocycles. The van der Waals surface area contributed by atoms with Gasteiger partial charge in [-0.05, 0) is 91.7 Å². The Balaban J connectivity index is 1.11. The number of nitrogens with zero attached hydrogens (tertiary/aromatic N) is 6. The van der Waals surface area contributed by atoms with Crippen LogP contribution in [0.1, 0.15) is 54.1 Å². The van der Waals surface area contributed by atoms with Gasteiger partial charge in [-0.3, -0.25) is 19.2 Å². The molecule has 0 saturated heterocycles. The second kappa shape index (κ2) is 17.4. The highest BCUT2D eigenvalue weighted by molar-refractivity contribution is 7.23. The maximum atomic E-state index is 15.3. The van der Waals surface area contributed by atoms with E-state index < -0.39 is 28.9 Å². The molecule has 12 nitrogen and oxygen atoms in total. The van der Waals surface area contributed by atoms with Crippen LogP contribution in [0.25, 0.3) is 42.4 Å². The first-order chi connectivity index (χ1) is 34.7. The number of carbonyl (C=O) groups is 4. The molecule has 0 atom stereocenters. The zero-order chi connectivity index (χ0) is 49.0. The van der Waals surface area contributed by atoms with Crippen molar-refractivity contribution in [3.63, 3.8) is 0 Å². The van der Waals surface area contributed by atoms with Gasteiger partial charge in [-0.1, -0.05) is 109 Å². The van der Waals surface area contributed by atoms with E-state index in [1.165, 1.54) is 22.7 Å². The molecule has 3 aliphatic rings. The first-order valence-electron chi connectivity index (χ1n) is 21.8. The van der Waals surface area contributed by atoms with Gasteiger partial charge in [0.25, 0.3) is 0 Å². The molecule has 71 heavy (non-hydrogen) atoms. The molecular formula is C57H28N6O6S2. The molecule has 2 aromatic heterocycles. The van der Waals surface area contributed by atoms with E-state index in [1.807, 2.05) is 72.8 Å². The average Bonchev–Trinajstić information content (AvgIpc) is 4.19. The maximum Gasteiger partial charge on any atom is 0.333 e. The third kappa shape index (κ3) is 7.07. The molecule has 3 aliphatic carbocycles. The molecule has 0 bridgehead atoms. The molecule has 334 valence electrons. The number of rotatable bonds is 8. The van der Waals surface area contributed by atoms with Crippen molar-refractivity contribution in [2.75, 3.05) is 0 Å². The molecule has 0 radical (unpaired) electrons. The minimum atomic E-state index is -2.19. The molecule has 0 N–H and O–H groups in total. The number of nitriles is 4. The predicted molar refractivity (Wildman–Crippen MR) is 268 cm³/mol. The van der Waals surface area contributed by atoms with Gasteiger partial charge in [-0.15, -0.1) is 22.7 Å². The van der Waals surface area contributed by atoms with Crippen LogP contribution in [0.3, 0.4) is 0 Å². The number of aliphatic imine (C=N–C) groups is 2. The minimum Gasteiger partial charge on any atom is -0.459 e. The molecule has 0 fully saturated rings. The molecule has 0 spiro atoms. The van der Waals surface area contributed by atoms with Crippen LogP contribution in [0.5, 0.6) is 0 Å². The van der Waals surface area contributed by atoms with Crippen LogP contribution < -0.4 is 0 Å². The Bertz CT molecular complexity index is 3730. The SMILES string of the molecule is N#CC(C#N)=C1C(=Nc2cc3cc4c(cc3s2)-c2cc3sc(N=C5C(=O)c6ccccc6C5=C(C#N)C#N)cc3cc2C4(C(=O)OCc2ccccc2)C(=O)OCc2ccccc2)C(=O)c2ccccc21. The van der Waals surface area contributed by atoms with E-state index in [1.54, 1.807) is 97.1 Å². The van der Waals surface area contributed by atoms with Gasteiger partial charge in [0.15, 0.2) is 0 Å². The summed E-state index contributed by atoms with van der Waals surface area (Å²) in [6.07, 6.45) is 0. The van der Waals surface area contributed by atoms with Crippen molar-refractivity contribution in [2.45, 2.75) is 18.6 Å². The highest BCUT2D eigenvalue weighted by Crippen LogP contribution is 2.55. The fourth-order valence-electron chi connectivity index (χ4n) is 9.40. The molecule has 2 heterocycles. The standard InChI is InChI=1S/C57H28N6O6S2/c58-25-35(26-59)49-37-15-7-9-17-39(37)53(64)51(49)62-47-21-33-19-43-41(23-45(33)70-47)42-24-46-34(22-48(71-46)63-52-50(36(27-60)28-61)38-16-8-10-18-40(38)54(52)65)20-44(42)57(43,55(66)68-29-31-11-3-1-4-12-31)56(67)69-30-32-13-5-2-6-14-32/h1-24H,29-30H2. The van der Waals surface area contributed by atoms with Gasteiger partial charge in [0.05, 0.1) is 0 Å². The van der Waals surface area contributed by atoms with E-state index in [9.17, 15) is 30.6 Å². The number of hydrogen-bond acceptors (Lipinski definition) is 14. The van der Waals surface area contributed by atoms with Crippen molar-refractivity contribution in [1.82, 2.24) is 0 Å². The Morgan fingerprint density at radius 1 is 0.479 bits per heavy atom. The smallest absolute Gasteiger partial charge is 0.333 e. The quantitative estimate of drug-likeness (QED) is 0.0799. The summed E-state index contributed by atoms with van der Waals surface area (Å²) in [5.41, 5.74) is 1.92. The number of hydrogen-bond donors (Lipinski definition) is 0. The second-order valence-electron chi connectivity index (χ2n) is 16.5. The van der Waals surface area contributed by atoms with Crippen LogP contribution in [-0.4, -0.2) is 34.9 Å². The van der Waals surface area contributed by atoms with E-state index in [0.29, 0.717) is 74.7 Å². The molecule has 6 aromatic carbocycles. The number of ether oxygens (including phenoxy) is 2. The lowest BCUT2D eigenvalue weighted by molar-refractivity contribution is -0.164. The Kier molecular flexibility index (Phi) is 10.8. The van der Waals surface area contributed by atoms with E-state index in [-0.39, 0.29) is 58.1 Å². The number of Topliss-reactive ketones (excluding diaryl/α,β-unsaturated/α-hetero) is 2. The minimum absolute atomic E-state index is 0.0567. The van der Waals surface area contributed by atoms with Gasteiger partial charge in [0, 0.05) is 31.7 Å². The topological polar surface area (TPSA) is 207 Å². The summed E-state index contributed by atoms with van der Waals surface area (Å²) in [7, 11) is 0. The summed E-state index contributed by atoms with van der Waals surface area (Å²) in [6.45, 7) is -0.329. The highest BCUT2D eigenvalue weighted by Gasteiger charge is 2.58. The highest BCUT2D eigenvalue weighted by atomic mass is 32.1. The number of carbonyl (C=O) groups excluding carboxylic acids is 4. The first kappa shape index (κ1) is 43.8. The number of thiophene rings is 2. The number of ketones is 2. The van der Waals surface area contributed by atoms with E-state index >= 15 is 9.59 Å².